The Balaban J connectivity index is 1.93. The molecule has 0 N–H and O–H groups in total. The van der Waals surface area contributed by atoms with Crippen LogP contribution in [0.15, 0.2) is 102 Å². The van der Waals surface area contributed by atoms with Crippen LogP contribution in [0.25, 0.3) is 44.2 Å². The molecule has 3 nitrogen and oxygen atoms in total. The Hall–Kier alpha value is -4.11. The lowest BCUT2D eigenvalue weighted by atomic mass is 9.94. The Labute approximate surface area is 185 Å². The van der Waals surface area contributed by atoms with Gasteiger partial charge < -0.3 is 0 Å². The molecule has 0 aliphatic carbocycles. The van der Waals surface area contributed by atoms with Crippen LogP contribution in [0.5, 0.6) is 0 Å². The summed E-state index contributed by atoms with van der Waals surface area (Å²) in [4.78, 5) is 13.8. The Kier molecular flexibility index (Phi) is 4.05. The van der Waals surface area contributed by atoms with Crippen LogP contribution in [0.2, 0.25) is 0 Å². The summed E-state index contributed by atoms with van der Waals surface area (Å²) in [6.45, 7) is 4.18. The number of para-hydroxylation sites is 2. The van der Waals surface area contributed by atoms with Gasteiger partial charge in [0.1, 0.15) is 0 Å². The molecule has 3 heteroatoms. The number of benzene rings is 4. The van der Waals surface area contributed by atoms with Crippen LogP contribution >= 0.6 is 0 Å². The van der Waals surface area contributed by atoms with E-state index in [0.717, 1.165) is 44.2 Å². The lowest BCUT2D eigenvalue weighted by Crippen LogP contribution is -2.16. The Morgan fingerprint density at radius 1 is 0.531 bits per heavy atom. The van der Waals surface area contributed by atoms with Crippen molar-refractivity contribution in [3.05, 3.63) is 119 Å². The number of fused-ring (bicyclic) bond motifs is 5. The molecule has 2 heterocycles. The SMILES string of the molecule is Cc1ccc(-c2c(-c3ccc(C)cc3)n3c(=O)c4ccccc4n3c3ccccc23)cc1. The first kappa shape index (κ1) is 18.6. The molecule has 0 atom stereocenters. The van der Waals surface area contributed by atoms with Gasteiger partial charge in [0.2, 0.25) is 0 Å². The number of nitrogens with zero attached hydrogens (tertiary/aromatic N) is 2. The smallest absolute Gasteiger partial charge is 0.267 e. The standard InChI is InChI=1S/C29H22N2O/c1-19-11-15-21(16-12-19)27-23-7-3-5-9-25(23)30-26-10-6-4-8-24(26)29(32)31(30)28(27)22-17-13-20(2)14-18-22/h3-18H,1-2H3. The third-order valence-electron chi connectivity index (χ3n) is 6.27. The molecule has 154 valence electrons. The maximum absolute atomic E-state index is 13.8. The van der Waals surface area contributed by atoms with Crippen molar-refractivity contribution < 1.29 is 0 Å². The fourth-order valence-corrected chi connectivity index (χ4v) is 4.68. The van der Waals surface area contributed by atoms with Gasteiger partial charge >= 0.3 is 0 Å². The zero-order valence-corrected chi connectivity index (χ0v) is 18.0. The predicted molar refractivity (Wildman–Crippen MR) is 132 cm³/mol. The van der Waals surface area contributed by atoms with E-state index in [2.05, 4.69) is 85.1 Å². The first-order chi connectivity index (χ1) is 15.6. The molecule has 0 spiro atoms. The van der Waals surface area contributed by atoms with Crippen molar-refractivity contribution in [1.29, 1.82) is 0 Å². The highest BCUT2D eigenvalue weighted by atomic mass is 16.1. The number of aromatic nitrogens is 2. The quantitative estimate of drug-likeness (QED) is 0.311. The molecule has 0 fully saturated rings. The van der Waals surface area contributed by atoms with E-state index in [1.807, 2.05) is 34.8 Å². The van der Waals surface area contributed by atoms with Gasteiger partial charge in [-0.1, -0.05) is 90.0 Å². The van der Waals surface area contributed by atoms with E-state index in [-0.39, 0.29) is 5.56 Å². The first-order valence-corrected chi connectivity index (χ1v) is 10.8. The minimum absolute atomic E-state index is 0.00436. The summed E-state index contributed by atoms with van der Waals surface area (Å²) >= 11 is 0. The predicted octanol–water partition coefficient (Wildman–Crippen LogP) is 6.66. The molecule has 0 aliphatic rings. The topological polar surface area (TPSA) is 25.9 Å². The minimum atomic E-state index is -0.00436. The highest BCUT2D eigenvalue weighted by Gasteiger charge is 2.21. The molecule has 32 heavy (non-hydrogen) atoms. The van der Waals surface area contributed by atoms with Gasteiger partial charge in [-0.3, -0.25) is 4.79 Å². The van der Waals surface area contributed by atoms with E-state index in [4.69, 9.17) is 0 Å². The van der Waals surface area contributed by atoms with E-state index in [9.17, 15) is 4.79 Å². The van der Waals surface area contributed by atoms with Crippen LogP contribution in [0.3, 0.4) is 0 Å². The molecular formula is C29H22N2O. The third-order valence-corrected chi connectivity index (χ3v) is 6.27. The molecule has 6 rings (SSSR count). The van der Waals surface area contributed by atoms with Crippen LogP contribution in [-0.4, -0.2) is 9.03 Å². The molecular weight excluding hydrogens is 392 g/mol. The average Bonchev–Trinajstić information content (AvgIpc) is 3.12. The fraction of sp³-hybridized carbons (Fsp3) is 0.0690. The van der Waals surface area contributed by atoms with Crippen molar-refractivity contribution in [2.75, 3.05) is 0 Å². The van der Waals surface area contributed by atoms with Gasteiger partial charge in [-0.05, 0) is 37.6 Å². The molecule has 0 amide bonds. The maximum Gasteiger partial charge on any atom is 0.279 e. The van der Waals surface area contributed by atoms with E-state index in [1.54, 1.807) is 0 Å². The summed E-state index contributed by atoms with van der Waals surface area (Å²) in [6.07, 6.45) is 0. The van der Waals surface area contributed by atoms with Crippen LogP contribution < -0.4 is 5.56 Å². The molecule has 4 aromatic carbocycles. The molecule has 0 saturated carbocycles. The highest BCUT2D eigenvalue weighted by molar-refractivity contribution is 6.03. The Bertz CT molecular complexity index is 1680. The lowest BCUT2D eigenvalue weighted by Gasteiger charge is -2.18. The van der Waals surface area contributed by atoms with Crippen LogP contribution in [-0.2, 0) is 0 Å². The zero-order valence-electron chi connectivity index (χ0n) is 18.0. The van der Waals surface area contributed by atoms with E-state index in [1.165, 1.54) is 11.1 Å². The Morgan fingerprint density at radius 2 is 1.03 bits per heavy atom. The summed E-state index contributed by atoms with van der Waals surface area (Å²) < 4.78 is 3.92. The van der Waals surface area contributed by atoms with Gasteiger partial charge in [-0.25, -0.2) is 9.03 Å². The van der Waals surface area contributed by atoms with Gasteiger partial charge in [-0.2, -0.15) is 0 Å². The number of hydrogen-bond acceptors (Lipinski definition) is 1. The lowest BCUT2D eigenvalue weighted by molar-refractivity contribution is 0.852. The largest absolute Gasteiger partial charge is 0.279 e. The monoisotopic (exact) mass is 414 g/mol. The normalized spacial score (nSPS) is 11.6. The van der Waals surface area contributed by atoms with E-state index < -0.39 is 0 Å². The van der Waals surface area contributed by atoms with Gasteiger partial charge in [0, 0.05) is 16.5 Å². The highest BCUT2D eigenvalue weighted by Crippen LogP contribution is 2.38. The Morgan fingerprint density at radius 3 is 1.66 bits per heavy atom. The fourth-order valence-electron chi connectivity index (χ4n) is 4.68. The van der Waals surface area contributed by atoms with Gasteiger partial charge in [0.15, 0.2) is 0 Å². The molecule has 2 aromatic heterocycles. The van der Waals surface area contributed by atoms with Gasteiger partial charge in [0.25, 0.3) is 5.56 Å². The van der Waals surface area contributed by atoms with Crippen LogP contribution in [0.4, 0.5) is 0 Å². The van der Waals surface area contributed by atoms with Crippen molar-refractivity contribution >= 4 is 21.8 Å². The number of rotatable bonds is 2. The first-order valence-electron chi connectivity index (χ1n) is 10.8. The van der Waals surface area contributed by atoms with Crippen molar-refractivity contribution in [2.24, 2.45) is 0 Å². The van der Waals surface area contributed by atoms with Crippen LogP contribution in [0, 0.1) is 13.8 Å². The molecule has 0 radical (unpaired) electrons. The molecule has 0 bridgehead atoms. The second kappa shape index (κ2) is 6.96. The van der Waals surface area contributed by atoms with Crippen molar-refractivity contribution in [3.8, 4) is 22.4 Å². The second-order valence-corrected chi connectivity index (χ2v) is 8.42. The second-order valence-electron chi connectivity index (χ2n) is 8.42. The number of aryl methyl sites for hydroxylation is 2. The minimum Gasteiger partial charge on any atom is -0.267 e. The van der Waals surface area contributed by atoms with E-state index >= 15 is 0 Å². The summed E-state index contributed by atoms with van der Waals surface area (Å²) in [5.41, 5.74) is 8.42. The molecule has 0 saturated heterocycles. The summed E-state index contributed by atoms with van der Waals surface area (Å²) in [5.74, 6) is 0. The molecule has 6 aromatic rings. The molecule has 0 unspecified atom stereocenters. The van der Waals surface area contributed by atoms with Crippen molar-refractivity contribution in [1.82, 2.24) is 9.03 Å². The van der Waals surface area contributed by atoms with E-state index in [0.29, 0.717) is 0 Å². The average molecular weight is 415 g/mol. The maximum atomic E-state index is 13.8. The summed E-state index contributed by atoms with van der Waals surface area (Å²) in [6, 6.07) is 33.2. The zero-order chi connectivity index (χ0) is 21.8. The molecule has 0 aliphatic heterocycles. The van der Waals surface area contributed by atoms with Gasteiger partial charge in [0.05, 0.1) is 22.1 Å². The van der Waals surface area contributed by atoms with Crippen molar-refractivity contribution in [3.63, 3.8) is 0 Å². The summed E-state index contributed by atoms with van der Waals surface area (Å²) in [5, 5.41) is 1.84. The number of hydrogen-bond donors (Lipinski definition) is 0. The third kappa shape index (κ3) is 2.64. The van der Waals surface area contributed by atoms with Gasteiger partial charge in [-0.15, -0.1) is 0 Å². The summed E-state index contributed by atoms with van der Waals surface area (Å²) in [7, 11) is 0. The van der Waals surface area contributed by atoms with Crippen LogP contribution in [0.1, 0.15) is 11.1 Å². The van der Waals surface area contributed by atoms with Crippen molar-refractivity contribution in [2.45, 2.75) is 13.8 Å².